The highest BCUT2D eigenvalue weighted by molar-refractivity contribution is 7.18. The number of amides is 1. The molecule has 31 heavy (non-hydrogen) atoms. The maximum absolute atomic E-state index is 12.7. The van der Waals surface area contributed by atoms with Gasteiger partial charge in [0.15, 0.2) is 0 Å². The number of likely N-dealkylation sites (N-methyl/N-ethyl adjacent to an activating group) is 1. The number of nitrogen functional groups attached to an aromatic ring is 1. The van der Waals surface area contributed by atoms with Crippen LogP contribution in [0.15, 0.2) is 17.1 Å². The van der Waals surface area contributed by atoms with Crippen molar-refractivity contribution in [3.63, 3.8) is 0 Å². The number of nitrogens with one attached hydrogen (secondary N) is 1. The van der Waals surface area contributed by atoms with E-state index in [0.717, 1.165) is 28.2 Å². The second-order valence-electron chi connectivity index (χ2n) is 8.07. The summed E-state index contributed by atoms with van der Waals surface area (Å²) in [7, 11) is 2.01. The van der Waals surface area contributed by atoms with Gasteiger partial charge in [0.25, 0.3) is 5.56 Å². The Morgan fingerprint density at radius 2 is 2.19 bits per heavy atom. The Balaban J connectivity index is 1.33. The van der Waals surface area contributed by atoms with Crippen LogP contribution < -0.4 is 11.3 Å². The van der Waals surface area contributed by atoms with E-state index in [1.54, 1.807) is 12.3 Å². The largest absolute Gasteiger partial charge is 0.384 e. The summed E-state index contributed by atoms with van der Waals surface area (Å²) in [4.78, 5) is 47.0. The molecule has 1 saturated heterocycles. The summed E-state index contributed by atoms with van der Waals surface area (Å²) in [6, 6.07) is 1.92. The molecule has 3 aromatic rings. The lowest BCUT2D eigenvalue weighted by molar-refractivity contribution is -0.130. The molecule has 1 amide bonds. The molecule has 4 rings (SSSR count). The molecule has 10 heteroatoms. The quantitative estimate of drug-likeness (QED) is 0.596. The van der Waals surface area contributed by atoms with Crippen molar-refractivity contribution in [3.05, 3.63) is 44.7 Å². The highest BCUT2D eigenvalue weighted by atomic mass is 32.1. The first-order valence-electron chi connectivity index (χ1n) is 10.4. The number of thiophene rings is 1. The molecule has 0 radical (unpaired) electrons. The Bertz CT molecular complexity index is 1170. The van der Waals surface area contributed by atoms with Gasteiger partial charge < -0.3 is 15.6 Å². The number of carbonyl (C=O) groups is 1. The number of likely N-dealkylation sites (tertiary alicyclic amines) is 1. The van der Waals surface area contributed by atoms with Crippen LogP contribution in [0.5, 0.6) is 0 Å². The first-order valence-corrected chi connectivity index (χ1v) is 11.2. The minimum absolute atomic E-state index is 0.0809. The van der Waals surface area contributed by atoms with Gasteiger partial charge in [-0.1, -0.05) is 0 Å². The number of aromatic nitrogens is 4. The van der Waals surface area contributed by atoms with Crippen LogP contribution in [-0.2, 0) is 17.8 Å². The molecular formula is C21H27N7O2S. The van der Waals surface area contributed by atoms with Crippen molar-refractivity contribution in [2.24, 2.45) is 0 Å². The Labute approximate surface area is 184 Å². The maximum Gasteiger partial charge on any atom is 0.259 e. The number of aromatic amines is 1. The third-order valence-electron chi connectivity index (χ3n) is 5.92. The van der Waals surface area contributed by atoms with Crippen LogP contribution in [0.3, 0.4) is 0 Å². The lowest BCUT2D eigenvalue weighted by Gasteiger charge is -2.24. The Morgan fingerprint density at radius 3 is 2.97 bits per heavy atom. The zero-order valence-corrected chi connectivity index (χ0v) is 18.8. The molecule has 3 N–H and O–H groups in total. The van der Waals surface area contributed by atoms with Gasteiger partial charge in [0.1, 0.15) is 22.3 Å². The predicted octanol–water partition coefficient (Wildman–Crippen LogP) is 1.64. The fraction of sp³-hybridized carbons (Fsp3) is 0.476. The SMILES string of the molecule is Cc1sc2nc(CCC(=O)N3CCC(N(C)Cc4nccc(N)n4)C3)[nH]c(=O)c2c1C. The fourth-order valence-corrected chi connectivity index (χ4v) is 5.02. The normalized spacial score (nSPS) is 16.5. The highest BCUT2D eigenvalue weighted by Gasteiger charge is 2.29. The zero-order chi connectivity index (χ0) is 22.1. The van der Waals surface area contributed by atoms with Gasteiger partial charge in [-0.3, -0.25) is 14.5 Å². The van der Waals surface area contributed by atoms with Crippen molar-refractivity contribution in [2.45, 2.75) is 45.7 Å². The number of fused-ring (bicyclic) bond motifs is 1. The number of rotatable bonds is 6. The van der Waals surface area contributed by atoms with Crippen LogP contribution in [0.1, 0.15) is 34.9 Å². The van der Waals surface area contributed by atoms with Crippen molar-refractivity contribution >= 4 is 33.3 Å². The van der Waals surface area contributed by atoms with Crippen molar-refractivity contribution in [1.82, 2.24) is 29.7 Å². The van der Waals surface area contributed by atoms with E-state index >= 15 is 0 Å². The summed E-state index contributed by atoms with van der Waals surface area (Å²) in [5, 5.41) is 0.659. The second-order valence-corrected chi connectivity index (χ2v) is 9.27. The second kappa shape index (κ2) is 8.72. The molecule has 1 unspecified atom stereocenters. The summed E-state index contributed by atoms with van der Waals surface area (Å²) in [6.45, 7) is 5.91. The maximum atomic E-state index is 12.7. The van der Waals surface area contributed by atoms with Crippen molar-refractivity contribution in [2.75, 3.05) is 25.9 Å². The summed E-state index contributed by atoms with van der Waals surface area (Å²) in [5.74, 6) is 1.78. The minimum atomic E-state index is -0.124. The molecular weight excluding hydrogens is 414 g/mol. The number of H-pyrrole nitrogens is 1. The van der Waals surface area contributed by atoms with Gasteiger partial charge in [-0.15, -0.1) is 11.3 Å². The molecule has 1 aliphatic heterocycles. The average molecular weight is 442 g/mol. The van der Waals surface area contributed by atoms with Gasteiger partial charge in [-0.05, 0) is 38.9 Å². The Kier molecular flexibility index (Phi) is 6.01. The number of aryl methyl sites for hydroxylation is 3. The van der Waals surface area contributed by atoms with Crippen LogP contribution in [0, 0.1) is 13.8 Å². The van der Waals surface area contributed by atoms with E-state index in [-0.39, 0.29) is 17.5 Å². The van der Waals surface area contributed by atoms with Gasteiger partial charge in [0, 0.05) is 43.0 Å². The summed E-state index contributed by atoms with van der Waals surface area (Å²) in [5.41, 5.74) is 6.58. The molecule has 0 spiro atoms. The van der Waals surface area contributed by atoms with Gasteiger partial charge in [0.05, 0.1) is 11.9 Å². The molecule has 1 aliphatic rings. The number of anilines is 1. The summed E-state index contributed by atoms with van der Waals surface area (Å²) < 4.78 is 0. The Hall–Kier alpha value is -2.85. The molecule has 9 nitrogen and oxygen atoms in total. The Morgan fingerprint density at radius 1 is 1.39 bits per heavy atom. The summed E-state index contributed by atoms with van der Waals surface area (Å²) in [6.07, 6.45) is 3.31. The van der Waals surface area contributed by atoms with Crippen molar-refractivity contribution in [3.8, 4) is 0 Å². The van der Waals surface area contributed by atoms with E-state index in [1.807, 2.05) is 25.8 Å². The van der Waals surface area contributed by atoms with Crippen molar-refractivity contribution < 1.29 is 4.79 Å². The van der Waals surface area contributed by atoms with Gasteiger partial charge in [-0.2, -0.15) is 0 Å². The highest BCUT2D eigenvalue weighted by Crippen LogP contribution is 2.26. The van der Waals surface area contributed by atoms with E-state index < -0.39 is 0 Å². The number of hydrogen-bond acceptors (Lipinski definition) is 8. The van der Waals surface area contributed by atoms with Crippen LogP contribution in [0.25, 0.3) is 10.2 Å². The third-order valence-corrected chi connectivity index (χ3v) is 7.02. The molecule has 0 bridgehead atoms. The molecule has 4 heterocycles. The molecule has 1 fully saturated rings. The van der Waals surface area contributed by atoms with E-state index in [0.29, 0.717) is 48.8 Å². The minimum Gasteiger partial charge on any atom is -0.384 e. The van der Waals surface area contributed by atoms with Gasteiger partial charge in [-0.25, -0.2) is 15.0 Å². The zero-order valence-electron chi connectivity index (χ0n) is 18.0. The monoisotopic (exact) mass is 441 g/mol. The van der Waals surface area contributed by atoms with Crippen LogP contribution in [0.2, 0.25) is 0 Å². The molecule has 0 saturated carbocycles. The molecule has 1 atom stereocenters. The standard InChI is InChI=1S/C21H27N7O2S/c1-12-13(2)31-21-19(12)20(30)25-16(26-21)4-5-18(29)28-9-7-14(10-28)27(3)11-17-23-8-6-15(22)24-17/h6,8,14H,4-5,7,9-11H2,1-3H3,(H2,22,23,24)(H,25,26,30). The molecule has 0 aromatic carbocycles. The molecule has 0 aliphatic carbocycles. The van der Waals surface area contributed by atoms with Gasteiger partial charge in [0.2, 0.25) is 5.91 Å². The van der Waals surface area contributed by atoms with Crippen LogP contribution >= 0.6 is 11.3 Å². The van der Waals surface area contributed by atoms with Gasteiger partial charge >= 0.3 is 0 Å². The lowest BCUT2D eigenvalue weighted by Crippen LogP contribution is -2.36. The van der Waals surface area contributed by atoms with E-state index in [4.69, 9.17) is 5.73 Å². The number of carbonyl (C=O) groups excluding carboxylic acids is 1. The van der Waals surface area contributed by atoms with E-state index in [1.165, 1.54) is 11.3 Å². The fourth-order valence-electron chi connectivity index (χ4n) is 3.97. The number of hydrogen-bond donors (Lipinski definition) is 2. The van der Waals surface area contributed by atoms with E-state index in [2.05, 4.69) is 24.8 Å². The summed E-state index contributed by atoms with van der Waals surface area (Å²) >= 11 is 1.52. The van der Waals surface area contributed by atoms with Crippen LogP contribution in [0.4, 0.5) is 5.82 Å². The predicted molar refractivity (Wildman–Crippen MR) is 121 cm³/mol. The smallest absolute Gasteiger partial charge is 0.259 e. The number of nitrogens with two attached hydrogens (primary N) is 1. The topological polar surface area (TPSA) is 121 Å². The molecule has 164 valence electrons. The van der Waals surface area contributed by atoms with Crippen LogP contribution in [-0.4, -0.2) is 61.8 Å². The van der Waals surface area contributed by atoms with E-state index in [9.17, 15) is 9.59 Å². The third kappa shape index (κ3) is 4.59. The lowest BCUT2D eigenvalue weighted by atomic mass is 10.2. The average Bonchev–Trinajstić information content (AvgIpc) is 3.32. The first kappa shape index (κ1) is 21.4. The molecule has 3 aromatic heterocycles. The number of nitrogens with zero attached hydrogens (tertiary/aromatic N) is 5. The first-order chi connectivity index (χ1) is 14.8. The van der Waals surface area contributed by atoms with Crippen molar-refractivity contribution in [1.29, 1.82) is 0 Å².